The van der Waals surface area contributed by atoms with Crippen LogP contribution >= 0.6 is 0 Å². The standard InChI is InChI=1S/C10H21NO/c1-6-7-8-11-9(2,3)10(4,5)12/h6-7,11-12H,8H2,1-5H3/b7-6+. The highest BCUT2D eigenvalue weighted by atomic mass is 16.3. The Labute approximate surface area is 75.7 Å². The maximum Gasteiger partial charge on any atom is 0.0767 e. The monoisotopic (exact) mass is 171 g/mol. The SMILES string of the molecule is C/C=C/CNC(C)(C)C(C)(C)O. The van der Waals surface area contributed by atoms with Gasteiger partial charge in [-0.3, -0.25) is 0 Å². The van der Waals surface area contributed by atoms with Crippen LogP contribution in [0.5, 0.6) is 0 Å². The second-order valence-electron chi connectivity index (χ2n) is 4.13. The van der Waals surface area contributed by atoms with Crippen molar-refractivity contribution in [3.8, 4) is 0 Å². The first-order valence-corrected chi connectivity index (χ1v) is 4.40. The van der Waals surface area contributed by atoms with Crippen LogP contribution in [0.4, 0.5) is 0 Å². The summed E-state index contributed by atoms with van der Waals surface area (Å²) in [6.45, 7) is 10.4. The van der Waals surface area contributed by atoms with E-state index in [2.05, 4.69) is 5.32 Å². The van der Waals surface area contributed by atoms with E-state index < -0.39 is 5.60 Å². The van der Waals surface area contributed by atoms with Crippen LogP contribution in [0.2, 0.25) is 0 Å². The van der Waals surface area contributed by atoms with Crippen LogP contribution in [0.3, 0.4) is 0 Å². The molecule has 0 aromatic carbocycles. The van der Waals surface area contributed by atoms with E-state index in [9.17, 15) is 5.11 Å². The average molecular weight is 171 g/mol. The van der Waals surface area contributed by atoms with Crippen LogP contribution < -0.4 is 5.32 Å². The highest BCUT2D eigenvalue weighted by Crippen LogP contribution is 2.19. The third-order valence-electron chi connectivity index (χ3n) is 2.43. The normalized spacial score (nSPS) is 14.2. The number of allylic oxidation sites excluding steroid dienone is 1. The van der Waals surface area contributed by atoms with Gasteiger partial charge in [0.2, 0.25) is 0 Å². The average Bonchev–Trinajstić information content (AvgIpc) is 1.85. The lowest BCUT2D eigenvalue weighted by Crippen LogP contribution is -2.55. The Morgan fingerprint density at radius 1 is 1.25 bits per heavy atom. The second kappa shape index (κ2) is 4.06. The molecule has 0 saturated heterocycles. The lowest BCUT2D eigenvalue weighted by Gasteiger charge is -2.38. The molecule has 0 fully saturated rings. The molecule has 0 saturated carbocycles. The third-order valence-corrected chi connectivity index (χ3v) is 2.43. The number of rotatable bonds is 4. The fourth-order valence-electron chi connectivity index (χ4n) is 0.648. The molecule has 0 atom stereocenters. The van der Waals surface area contributed by atoms with Crippen molar-refractivity contribution in [2.75, 3.05) is 6.54 Å². The van der Waals surface area contributed by atoms with Crippen LogP contribution in [-0.2, 0) is 0 Å². The van der Waals surface area contributed by atoms with Crippen LogP contribution in [0.15, 0.2) is 12.2 Å². The maximum absolute atomic E-state index is 9.76. The third kappa shape index (κ3) is 3.37. The van der Waals surface area contributed by atoms with E-state index in [0.29, 0.717) is 0 Å². The molecule has 72 valence electrons. The Morgan fingerprint density at radius 3 is 2.08 bits per heavy atom. The molecule has 0 unspecified atom stereocenters. The molecular formula is C10H21NO. The molecule has 2 nitrogen and oxygen atoms in total. The predicted molar refractivity (Wildman–Crippen MR) is 53.2 cm³/mol. The summed E-state index contributed by atoms with van der Waals surface area (Å²) in [5.74, 6) is 0. The van der Waals surface area contributed by atoms with Crippen molar-refractivity contribution in [1.82, 2.24) is 5.32 Å². The highest BCUT2D eigenvalue weighted by molar-refractivity contribution is 4.95. The minimum Gasteiger partial charge on any atom is -0.389 e. The molecular weight excluding hydrogens is 150 g/mol. The summed E-state index contributed by atoms with van der Waals surface area (Å²) < 4.78 is 0. The molecule has 0 rings (SSSR count). The van der Waals surface area contributed by atoms with Crippen molar-refractivity contribution in [3.63, 3.8) is 0 Å². The van der Waals surface area contributed by atoms with Gasteiger partial charge in [-0.15, -0.1) is 0 Å². The van der Waals surface area contributed by atoms with Gasteiger partial charge in [0.05, 0.1) is 5.60 Å². The number of hydrogen-bond donors (Lipinski definition) is 2. The Hall–Kier alpha value is -0.340. The molecule has 0 heterocycles. The highest BCUT2D eigenvalue weighted by Gasteiger charge is 2.33. The summed E-state index contributed by atoms with van der Waals surface area (Å²) in [5.41, 5.74) is -0.957. The van der Waals surface area contributed by atoms with Crippen LogP contribution in [0.25, 0.3) is 0 Å². The zero-order chi connectivity index (χ0) is 9.83. The van der Waals surface area contributed by atoms with Crippen LogP contribution in [0, 0.1) is 0 Å². The van der Waals surface area contributed by atoms with E-state index >= 15 is 0 Å². The second-order valence-corrected chi connectivity index (χ2v) is 4.13. The van der Waals surface area contributed by atoms with E-state index in [1.807, 2.05) is 46.8 Å². The van der Waals surface area contributed by atoms with Gasteiger partial charge in [0, 0.05) is 12.1 Å². The van der Waals surface area contributed by atoms with E-state index in [1.165, 1.54) is 0 Å². The summed E-state index contributed by atoms with van der Waals surface area (Å²) in [6, 6.07) is 0. The van der Waals surface area contributed by atoms with Crippen LogP contribution in [-0.4, -0.2) is 22.8 Å². The Balaban J connectivity index is 4.05. The van der Waals surface area contributed by atoms with Gasteiger partial charge in [-0.25, -0.2) is 0 Å². The minimum atomic E-state index is -0.700. The Bertz CT molecular complexity index is 154. The van der Waals surface area contributed by atoms with Gasteiger partial charge >= 0.3 is 0 Å². The van der Waals surface area contributed by atoms with Crippen molar-refractivity contribution in [1.29, 1.82) is 0 Å². The molecule has 0 aromatic heterocycles. The first-order valence-electron chi connectivity index (χ1n) is 4.40. The summed E-state index contributed by atoms with van der Waals surface area (Å²) in [7, 11) is 0. The first-order chi connectivity index (χ1) is 5.31. The number of aliphatic hydroxyl groups is 1. The lowest BCUT2D eigenvalue weighted by molar-refractivity contribution is -0.00273. The van der Waals surface area contributed by atoms with Gasteiger partial charge in [0.25, 0.3) is 0 Å². The van der Waals surface area contributed by atoms with Gasteiger partial charge in [-0.1, -0.05) is 12.2 Å². The number of nitrogens with one attached hydrogen (secondary N) is 1. The summed E-state index contributed by atoms with van der Waals surface area (Å²) in [5, 5.41) is 13.0. The molecule has 0 spiro atoms. The first kappa shape index (κ1) is 11.7. The van der Waals surface area contributed by atoms with Gasteiger partial charge in [0.1, 0.15) is 0 Å². The van der Waals surface area contributed by atoms with Crippen molar-refractivity contribution in [2.24, 2.45) is 0 Å². The molecule has 2 N–H and O–H groups in total. The van der Waals surface area contributed by atoms with Crippen LogP contribution in [0.1, 0.15) is 34.6 Å². The van der Waals surface area contributed by atoms with Crippen molar-refractivity contribution >= 4 is 0 Å². The Kier molecular flexibility index (Phi) is 3.94. The fourth-order valence-corrected chi connectivity index (χ4v) is 0.648. The molecule has 12 heavy (non-hydrogen) atoms. The molecule has 0 aliphatic rings. The minimum absolute atomic E-state index is 0.257. The van der Waals surface area contributed by atoms with Gasteiger partial charge < -0.3 is 10.4 Å². The lowest BCUT2D eigenvalue weighted by atomic mass is 9.86. The molecule has 0 bridgehead atoms. The summed E-state index contributed by atoms with van der Waals surface area (Å²) in [6.07, 6.45) is 4.03. The van der Waals surface area contributed by atoms with Crippen molar-refractivity contribution < 1.29 is 5.11 Å². The molecule has 0 aliphatic carbocycles. The molecule has 0 aromatic rings. The van der Waals surface area contributed by atoms with E-state index in [1.54, 1.807) is 0 Å². The maximum atomic E-state index is 9.76. The smallest absolute Gasteiger partial charge is 0.0767 e. The topological polar surface area (TPSA) is 32.3 Å². The molecule has 0 amide bonds. The summed E-state index contributed by atoms with van der Waals surface area (Å²) >= 11 is 0. The van der Waals surface area contributed by atoms with Crippen molar-refractivity contribution in [3.05, 3.63) is 12.2 Å². The van der Waals surface area contributed by atoms with Gasteiger partial charge in [-0.2, -0.15) is 0 Å². The quantitative estimate of drug-likeness (QED) is 0.631. The van der Waals surface area contributed by atoms with E-state index in [-0.39, 0.29) is 5.54 Å². The van der Waals surface area contributed by atoms with Crippen molar-refractivity contribution in [2.45, 2.75) is 45.8 Å². The molecule has 2 heteroatoms. The molecule has 0 radical (unpaired) electrons. The van der Waals surface area contributed by atoms with E-state index in [4.69, 9.17) is 0 Å². The summed E-state index contributed by atoms with van der Waals surface area (Å²) in [4.78, 5) is 0. The van der Waals surface area contributed by atoms with Gasteiger partial charge in [0.15, 0.2) is 0 Å². The zero-order valence-electron chi connectivity index (χ0n) is 8.81. The Morgan fingerprint density at radius 2 is 1.75 bits per heavy atom. The predicted octanol–water partition coefficient (Wildman–Crippen LogP) is 1.70. The largest absolute Gasteiger partial charge is 0.389 e. The van der Waals surface area contributed by atoms with E-state index in [0.717, 1.165) is 6.54 Å². The zero-order valence-corrected chi connectivity index (χ0v) is 8.81. The fraction of sp³-hybridized carbons (Fsp3) is 0.800. The van der Waals surface area contributed by atoms with Gasteiger partial charge in [-0.05, 0) is 34.6 Å². The number of hydrogen-bond acceptors (Lipinski definition) is 2. The molecule has 0 aliphatic heterocycles.